The summed E-state index contributed by atoms with van der Waals surface area (Å²) in [5.41, 5.74) is 1.55. The summed E-state index contributed by atoms with van der Waals surface area (Å²) in [5, 5.41) is 3.96. The summed E-state index contributed by atoms with van der Waals surface area (Å²) < 4.78 is 5.04. The summed E-state index contributed by atoms with van der Waals surface area (Å²) >= 11 is 1.63. The maximum atomic E-state index is 12.3. The molecule has 0 saturated carbocycles. The average molecular weight is 305 g/mol. The Kier molecular flexibility index (Phi) is 4.90. The number of aryl methyl sites for hydroxylation is 2. The van der Waals surface area contributed by atoms with Crippen LogP contribution >= 0.6 is 11.3 Å². The van der Waals surface area contributed by atoms with Crippen molar-refractivity contribution in [1.82, 2.24) is 15.3 Å². The number of pyridine rings is 1. The Hall–Kier alpha value is -1.95. The van der Waals surface area contributed by atoms with Crippen molar-refractivity contribution in [3.05, 3.63) is 39.5 Å². The Balaban J connectivity index is 2.15. The molecule has 0 aliphatic carbocycles. The SMILES string of the molecule is CCC(NC(=O)c1ccnc(OC)c1)c1nc(C)c(C)s1. The topological polar surface area (TPSA) is 64.1 Å². The number of aromatic nitrogens is 2. The van der Waals surface area contributed by atoms with Gasteiger partial charge in [0.25, 0.3) is 5.91 Å². The van der Waals surface area contributed by atoms with Crippen LogP contribution in [0, 0.1) is 13.8 Å². The molecule has 21 heavy (non-hydrogen) atoms. The molecule has 0 aromatic carbocycles. The predicted octanol–water partition coefficient (Wildman–Crippen LogP) is 3.04. The van der Waals surface area contributed by atoms with Crippen molar-refractivity contribution in [2.45, 2.75) is 33.2 Å². The van der Waals surface area contributed by atoms with E-state index in [4.69, 9.17) is 4.74 Å². The van der Waals surface area contributed by atoms with Crippen LogP contribution in [0.25, 0.3) is 0 Å². The van der Waals surface area contributed by atoms with E-state index in [0.29, 0.717) is 11.4 Å². The van der Waals surface area contributed by atoms with Gasteiger partial charge in [0.2, 0.25) is 5.88 Å². The molecule has 0 aliphatic heterocycles. The highest BCUT2D eigenvalue weighted by Crippen LogP contribution is 2.25. The molecule has 1 unspecified atom stereocenters. The molecular formula is C15H19N3O2S. The minimum Gasteiger partial charge on any atom is -0.481 e. The van der Waals surface area contributed by atoms with Gasteiger partial charge in [0.1, 0.15) is 5.01 Å². The number of methoxy groups -OCH3 is 1. The Morgan fingerprint density at radius 3 is 2.81 bits per heavy atom. The van der Waals surface area contributed by atoms with Gasteiger partial charge in [-0.15, -0.1) is 11.3 Å². The van der Waals surface area contributed by atoms with E-state index in [1.54, 1.807) is 29.7 Å². The minimum atomic E-state index is -0.145. The molecule has 1 atom stereocenters. The molecule has 1 N–H and O–H groups in total. The van der Waals surface area contributed by atoms with Crippen LogP contribution in [0.1, 0.15) is 45.3 Å². The first-order valence-corrected chi connectivity index (χ1v) is 7.61. The predicted molar refractivity (Wildman–Crippen MR) is 82.9 cm³/mol. The van der Waals surface area contributed by atoms with E-state index in [1.807, 2.05) is 20.8 Å². The normalized spacial score (nSPS) is 12.0. The Morgan fingerprint density at radius 2 is 2.24 bits per heavy atom. The van der Waals surface area contributed by atoms with E-state index in [9.17, 15) is 4.79 Å². The van der Waals surface area contributed by atoms with Gasteiger partial charge in [-0.1, -0.05) is 6.92 Å². The molecule has 0 bridgehead atoms. The molecule has 5 nitrogen and oxygen atoms in total. The standard InChI is InChI=1S/C15H19N3O2S/c1-5-12(15-17-9(2)10(3)21-15)18-14(19)11-6-7-16-13(8-11)20-4/h6-8,12H,5H2,1-4H3,(H,18,19). The molecule has 0 fully saturated rings. The molecule has 2 heterocycles. The summed E-state index contributed by atoms with van der Waals surface area (Å²) in [7, 11) is 1.53. The van der Waals surface area contributed by atoms with Gasteiger partial charge in [0.05, 0.1) is 18.8 Å². The Labute approximate surface area is 128 Å². The van der Waals surface area contributed by atoms with Crippen LogP contribution < -0.4 is 10.1 Å². The first-order chi connectivity index (χ1) is 10.0. The van der Waals surface area contributed by atoms with Crippen LogP contribution in [0.5, 0.6) is 5.88 Å². The van der Waals surface area contributed by atoms with Crippen LogP contribution in [0.3, 0.4) is 0 Å². The number of carbonyl (C=O) groups excluding carboxylic acids is 1. The van der Waals surface area contributed by atoms with Crippen molar-refractivity contribution in [1.29, 1.82) is 0 Å². The highest BCUT2D eigenvalue weighted by molar-refractivity contribution is 7.11. The van der Waals surface area contributed by atoms with Crippen LogP contribution in [-0.4, -0.2) is 23.0 Å². The van der Waals surface area contributed by atoms with Crippen LogP contribution in [0.2, 0.25) is 0 Å². The maximum Gasteiger partial charge on any atom is 0.252 e. The molecule has 112 valence electrons. The second kappa shape index (κ2) is 6.67. The largest absolute Gasteiger partial charge is 0.481 e. The Morgan fingerprint density at radius 1 is 1.48 bits per heavy atom. The first-order valence-electron chi connectivity index (χ1n) is 6.80. The maximum absolute atomic E-state index is 12.3. The van der Waals surface area contributed by atoms with E-state index >= 15 is 0 Å². The molecule has 1 amide bonds. The van der Waals surface area contributed by atoms with Gasteiger partial charge < -0.3 is 10.1 Å². The van der Waals surface area contributed by atoms with Crippen LogP contribution in [0.4, 0.5) is 0 Å². The molecular weight excluding hydrogens is 286 g/mol. The lowest BCUT2D eigenvalue weighted by molar-refractivity contribution is 0.0935. The number of hydrogen-bond acceptors (Lipinski definition) is 5. The zero-order chi connectivity index (χ0) is 15.4. The fourth-order valence-corrected chi connectivity index (χ4v) is 2.95. The highest BCUT2D eigenvalue weighted by Gasteiger charge is 2.18. The number of carbonyl (C=O) groups is 1. The second-order valence-corrected chi connectivity index (χ2v) is 5.95. The monoisotopic (exact) mass is 305 g/mol. The van der Waals surface area contributed by atoms with Crippen molar-refractivity contribution in [3.8, 4) is 5.88 Å². The van der Waals surface area contributed by atoms with E-state index in [1.165, 1.54) is 12.0 Å². The lowest BCUT2D eigenvalue weighted by atomic mass is 10.2. The van der Waals surface area contributed by atoms with Crippen LogP contribution in [-0.2, 0) is 0 Å². The summed E-state index contributed by atoms with van der Waals surface area (Å²) in [6.07, 6.45) is 2.35. The number of nitrogens with zero attached hydrogens (tertiary/aromatic N) is 2. The van der Waals surface area contributed by atoms with Gasteiger partial charge in [0.15, 0.2) is 0 Å². The summed E-state index contributed by atoms with van der Waals surface area (Å²) in [5.74, 6) is 0.282. The highest BCUT2D eigenvalue weighted by atomic mass is 32.1. The number of rotatable bonds is 5. The zero-order valence-corrected chi connectivity index (χ0v) is 13.5. The number of nitrogens with one attached hydrogen (secondary N) is 1. The third-order valence-corrected chi connectivity index (χ3v) is 4.45. The van der Waals surface area contributed by atoms with Crippen molar-refractivity contribution in [2.75, 3.05) is 7.11 Å². The third-order valence-electron chi connectivity index (χ3n) is 3.26. The van der Waals surface area contributed by atoms with Gasteiger partial charge in [-0.05, 0) is 26.3 Å². The Bertz CT molecular complexity index is 620. The second-order valence-electron chi connectivity index (χ2n) is 4.71. The van der Waals surface area contributed by atoms with Crippen LogP contribution in [0.15, 0.2) is 18.3 Å². The molecule has 0 aliphatic rings. The van der Waals surface area contributed by atoms with Gasteiger partial charge >= 0.3 is 0 Å². The van der Waals surface area contributed by atoms with Gasteiger partial charge in [-0.25, -0.2) is 9.97 Å². The third kappa shape index (κ3) is 3.58. The fourth-order valence-electron chi connectivity index (χ4n) is 1.89. The van der Waals surface area contributed by atoms with Crippen molar-refractivity contribution < 1.29 is 9.53 Å². The van der Waals surface area contributed by atoms with Gasteiger partial charge in [0, 0.05) is 22.7 Å². The van der Waals surface area contributed by atoms with Crippen molar-refractivity contribution >= 4 is 17.2 Å². The van der Waals surface area contributed by atoms with Crippen molar-refractivity contribution in [2.24, 2.45) is 0 Å². The average Bonchev–Trinajstić information content (AvgIpc) is 2.83. The minimum absolute atomic E-state index is 0.0749. The van der Waals surface area contributed by atoms with Gasteiger partial charge in [-0.3, -0.25) is 4.79 Å². The summed E-state index contributed by atoms with van der Waals surface area (Å²) in [6.45, 7) is 6.06. The molecule has 0 saturated heterocycles. The summed E-state index contributed by atoms with van der Waals surface area (Å²) in [4.78, 5) is 22.0. The molecule has 0 spiro atoms. The van der Waals surface area contributed by atoms with Crippen molar-refractivity contribution in [3.63, 3.8) is 0 Å². The molecule has 2 aromatic heterocycles. The molecule has 0 radical (unpaired) electrons. The number of thiazole rings is 1. The smallest absolute Gasteiger partial charge is 0.252 e. The lowest BCUT2D eigenvalue weighted by Gasteiger charge is -2.14. The zero-order valence-electron chi connectivity index (χ0n) is 12.6. The summed E-state index contributed by atoms with van der Waals surface area (Å²) in [6, 6.07) is 3.22. The number of amides is 1. The van der Waals surface area contributed by atoms with E-state index in [2.05, 4.69) is 15.3 Å². The van der Waals surface area contributed by atoms with E-state index in [-0.39, 0.29) is 11.9 Å². The quantitative estimate of drug-likeness (QED) is 0.922. The molecule has 2 aromatic rings. The fraction of sp³-hybridized carbons (Fsp3) is 0.400. The number of hydrogen-bond donors (Lipinski definition) is 1. The van der Waals surface area contributed by atoms with Gasteiger partial charge in [-0.2, -0.15) is 0 Å². The lowest BCUT2D eigenvalue weighted by Crippen LogP contribution is -2.28. The molecule has 2 rings (SSSR count). The van der Waals surface area contributed by atoms with E-state index < -0.39 is 0 Å². The van der Waals surface area contributed by atoms with E-state index in [0.717, 1.165) is 17.1 Å². The first kappa shape index (κ1) is 15.4. The molecule has 6 heteroatoms. The number of ether oxygens (including phenoxy) is 1.